The summed E-state index contributed by atoms with van der Waals surface area (Å²) in [6.07, 6.45) is 5.48. The second-order valence-electron chi connectivity index (χ2n) is 5.78. The van der Waals surface area contributed by atoms with Crippen LogP contribution in [-0.4, -0.2) is 26.4 Å². The highest BCUT2D eigenvalue weighted by Crippen LogP contribution is 2.25. The highest BCUT2D eigenvalue weighted by Gasteiger charge is 2.18. The Labute approximate surface area is 122 Å². The first kappa shape index (κ1) is 15.3. The molecule has 0 atom stereocenters. The van der Waals surface area contributed by atoms with Crippen LogP contribution in [0.3, 0.4) is 0 Å². The average molecular weight is 277 g/mol. The summed E-state index contributed by atoms with van der Waals surface area (Å²) in [4.78, 5) is 0. The number of hydrogen-bond donors (Lipinski definition) is 1. The Kier molecular flexibility index (Phi) is 6.34. The van der Waals surface area contributed by atoms with Gasteiger partial charge in [-0.1, -0.05) is 19.1 Å². The molecule has 20 heavy (non-hydrogen) atoms. The molecule has 1 fully saturated rings. The van der Waals surface area contributed by atoms with Crippen LogP contribution in [0, 0.1) is 5.92 Å². The van der Waals surface area contributed by atoms with Crippen LogP contribution in [0.5, 0.6) is 5.75 Å². The second kappa shape index (κ2) is 8.28. The Morgan fingerprint density at radius 3 is 2.40 bits per heavy atom. The van der Waals surface area contributed by atoms with Gasteiger partial charge in [0.25, 0.3) is 0 Å². The van der Waals surface area contributed by atoms with Gasteiger partial charge >= 0.3 is 0 Å². The van der Waals surface area contributed by atoms with Gasteiger partial charge in [0.15, 0.2) is 0 Å². The number of ether oxygens (including phenoxy) is 2. The molecular weight excluding hydrogens is 250 g/mol. The molecule has 1 saturated carbocycles. The van der Waals surface area contributed by atoms with Crippen LogP contribution in [0.2, 0.25) is 0 Å². The molecule has 1 aromatic rings. The normalized spacial score (nSPS) is 22.7. The topological polar surface area (TPSA) is 30.5 Å². The SMILES string of the molecule is CNCc1ccc(OCCOC2CCC(C)CC2)cc1. The van der Waals surface area contributed by atoms with Gasteiger partial charge in [0.05, 0.1) is 12.7 Å². The Balaban J connectivity index is 1.60. The molecule has 112 valence electrons. The molecule has 2 rings (SSSR count). The molecule has 0 aromatic heterocycles. The molecule has 0 amide bonds. The molecule has 0 radical (unpaired) electrons. The van der Waals surface area contributed by atoms with Gasteiger partial charge in [-0.15, -0.1) is 0 Å². The van der Waals surface area contributed by atoms with Crippen LogP contribution in [0.1, 0.15) is 38.2 Å². The van der Waals surface area contributed by atoms with E-state index in [4.69, 9.17) is 9.47 Å². The standard InChI is InChI=1S/C17H27NO2/c1-14-3-7-16(8-4-14)19-11-12-20-17-9-5-15(6-10-17)13-18-2/h5-6,9-10,14,16,18H,3-4,7-8,11-13H2,1-2H3. The van der Waals surface area contributed by atoms with Crippen LogP contribution >= 0.6 is 0 Å². The van der Waals surface area contributed by atoms with Gasteiger partial charge < -0.3 is 14.8 Å². The van der Waals surface area contributed by atoms with Crippen molar-refractivity contribution in [3.63, 3.8) is 0 Å². The first-order chi connectivity index (χ1) is 9.78. The maximum Gasteiger partial charge on any atom is 0.119 e. The molecule has 0 heterocycles. The van der Waals surface area contributed by atoms with Crippen molar-refractivity contribution in [1.82, 2.24) is 5.32 Å². The van der Waals surface area contributed by atoms with Crippen LogP contribution in [0.25, 0.3) is 0 Å². The van der Waals surface area contributed by atoms with Gasteiger partial charge in [0, 0.05) is 6.54 Å². The molecule has 1 aliphatic carbocycles. The Morgan fingerprint density at radius 1 is 1.05 bits per heavy atom. The third-order valence-electron chi connectivity index (χ3n) is 3.97. The van der Waals surface area contributed by atoms with Gasteiger partial charge in [-0.25, -0.2) is 0 Å². The molecular formula is C17H27NO2. The summed E-state index contributed by atoms with van der Waals surface area (Å²) < 4.78 is 11.6. The van der Waals surface area contributed by atoms with Crippen molar-refractivity contribution in [2.45, 2.75) is 45.3 Å². The lowest BCUT2D eigenvalue weighted by Gasteiger charge is -2.26. The van der Waals surface area contributed by atoms with E-state index >= 15 is 0 Å². The fourth-order valence-corrected chi connectivity index (χ4v) is 2.68. The summed E-state index contributed by atoms with van der Waals surface area (Å²) >= 11 is 0. The first-order valence-corrected chi connectivity index (χ1v) is 7.76. The highest BCUT2D eigenvalue weighted by atomic mass is 16.5. The highest BCUT2D eigenvalue weighted by molar-refractivity contribution is 5.27. The minimum absolute atomic E-state index is 0.452. The van der Waals surface area contributed by atoms with E-state index in [0.29, 0.717) is 19.3 Å². The quantitative estimate of drug-likeness (QED) is 0.775. The summed E-state index contributed by atoms with van der Waals surface area (Å²) in [6, 6.07) is 8.23. The zero-order valence-corrected chi connectivity index (χ0v) is 12.7. The van der Waals surface area contributed by atoms with Crippen LogP contribution in [0.4, 0.5) is 0 Å². The molecule has 0 bridgehead atoms. The van der Waals surface area contributed by atoms with Crippen molar-refractivity contribution in [3.05, 3.63) is 29.8 Å². The molecule has 0 saturated heterocycles. The van der Waals surface area contributed by atoms with Crippen molar-refractivity contribution in [2.75, 3.05) is 20.3 Å². The zero-order chi connectivity index (χ0) is 14.2. The Bertz CT molecular complexity index is 369. The predicted molar refractivity (Wildman–Crippen MR) is 82.1 cm³/mol. The first-order valence-electron chi connectivity index (χ1n) is 7.76. The van der Waals surface area contributed by atoms with Crippen LogP contribution in [-0.2, 0) is 11.3 Å². The average Bonchev–Trinajstić information content (AvgIpc) is 2.47. The fourth-order valence-electron chi connectivity index (χ4n) is 2.68. The van der Waals surface area contributed by atoms with E-state index in [1.807, 2.05) is 19.2 Å². The summed E-state index contributed by atoms with van der Waals surface area (Å²) in [5, 5.41) is 3.13. The molecule has 1 N–H and O–H groups in total. The lowest BCUT2D eigenvalue weighted by Crippen LogP contribution is -2.22. The van der Waals surface area contributed by atoms with Gasteiger partial charge in [-0.2, -0.15) is 0 Å². The van der Waals surface area contributed by atoms with Gasteiger partial charge in [-0.05, 0) is 56.3 Å². The maximum absolute atomic E-state index is 5.88. The van der Waals surface area contributed by atoms with Gasteiger partial charge in [-0.3, -0.25) is 0 Å². The van der Waals surface area contributed by atoms with Crippen molar-refractivity contribution in [1.29, 1.82) is 0 Å². The summed E-state index contributed by atoms with van der Waals surface area (Å²) in [6.45, 7) is 4.55. The monoisotopic (exact) mass is 277 g/mol. The van der Waals surface area contributed by atoms with Crippen molar-refractivity contribution >= 4 is 0 Å². The molecule has 0 unspecified atom stereocenters. The number of benzene rings is 1. The van der Waals surface area contributed by atoms with Crippen LogP contribution < -0.4 is 10.1 Å². The third-order valence-corrected chi connectivity index (χ3v) is 3.97. The minimum Gasteiger partial charge on any atom is -0.491 e. The number of nitrogens with one attached hydrogen (secondary N) is 1. The smallest absolute Gasteiger partial charge is 0.119 e. The van der Waals surface area contributed by atoms with Crippen molar-refractivity contribution in [2.24, 2.45) is 5.92 Å². The maximum atomic E-state index is 5.88. The van der Waals surface area contributed by atoms with E-state index in [9.17, 15) is 0 Å². The molecule has 1 aromatic carbocycles. The summed E-state index contributed by atoms with van der Waals surface area (Å²) in [7, 11) is 1.95. The lowest BCUT2D eigenvalue weighted by molar-refractivity contribution is 0.00570. The predicted octanol–water partition coefficient (Wildman–Crippen LogP) is 3.38. The zero-order valence-electron chi connectivity index (χ0n) is 12.7. The largest absolute Gasteiger partial charge is 0.491 e. The van der Waals surface area contributed by atoms with Crippen molar-refractivity contribution < 1.29 is 9.47 Å². The third kappa shape index (κ3) is 5.14. The van der Waals surface area contributed by atoms with Crippen molar-refractivity contribution in [3.8, 4) is 5.75 Å². The molecule has 3 nitrogen and oxygen atoms in total. The van der Waals surface area contributed by atoms with E-state index in [1.54, 1.807) is 0 Å². The second-order valence-corrected chi connectivity index (χ2v) is 5.78. The van der Waals surface area contributed by atoms with Gasteiger partial charge in [0.2, 0.25) is 0 Å². The Morgan fingerprint density at radius 2 is 1.75 bits per heavy atom. The number of hydrogen-bond acceptors (Lipinski definition) is 3. The molecule has 0 spiro atoms. The number of rotatable bonds is 7. The van der Waals surface area contributed by atoms with Gasteiger partial charge in [0.1, 0.15) is 12.4 Å². The van der Waals surface area contributed by atoms with E-state index in [-0.39, 0.29) is 0 Å². The summed E-state index contributed by atoms with van der Waals surface area (Å²) in [5.74, 6) is 1.80. The molecule has 1 aliphatic rings. The summed E-state index contributed by atoms with van der Waals surface area (Å²) in [5.41, 5.74) is 1.27. The van der Waals surface area contributed by atoms with E-state index < -0.39 is 0 Å². The minimum atomic E-state index is 0.452. The molecule has 3 heteroatoms. The molecule has 0 aliphatic heterocycles. The Hall–Kier alpha value is -1.06. The lowest BCUT2D eigenvalue weighted by atomic mass is 9.89. The van der Waals surface area contributed by atoms with Crippen LogP contribution in [0.15, 0.2) is 24.3 Å². The van der Waals surface area contributed by atoms with E-state index in [0.717, 1.165) is 18.2 Å². The van der Waals surface area contributed by atoms with E-state index in [2.05, 4.69) is 24.4 Å². The fraction of sp³-hybridized carbons (Fsp3) is 0.647. The van der Waals surface area contributed by atoms with E-state index in [1.165, 1.54) is 31.2 Å².